The Morgan fingerprint density at radius 1 is 0.533 bits per heavy atom. The van der Waals surface area contributed by atoms with Gasteiger partial charge in [-0.05, 0) is 51.4 Å². The molecular weight excluding hydrogens is 770 g/mol. The Morgan fingerprint density at radius 2 is 0.933 bits per heavy atom. The van der Waals surface area contributed by atoms with Gasteiger partial charge in [-0.25, -0.2) is 4.57 Å². The molecule has 0 aromatic heterocycles. The number of esters is 1. The van der Waals surface area contributed by atoms with Crippen molar-refractivity contribution in [2.45, 2.75) is 193 Å². The van der Waals surface area contributed by atoms with Gasteiger partial charge in [0.25, 0.3) is 0 Å². The minimum absolute atomic E-state index is 0.0730. The van der Waals surface area contributed by atoms with Crippen molar-refractivity contribution in [1.82, 2.24) is 0 Å². The maximum Gasteiger partial charge on any atom is 0.472 e. The van der Waals surface area contributed by atoms with Crippen LogP contribution in [0.3, 0.4) is 0 Å². The fraction of sp³-hybridized carbons (Fsp3) is 0.745. The molecule has 2 atom stereocenters. The Kier molecular flexibility index (Phi) is 42.1. The third kappa shape index (κ3) is 47.0. The number of quaternary nitrogens is 1. The van der Waals surface area contributed by atoms with Gasteiger partial charge in [-0.3, -0.25) is 13.8 Å². The van der Waals surface area contributed by atoms with Crippen molar-refractivity contribution in [2.75, 3.05) is 54.1 Å². The molecule has 0 aromatic carbocycles. The Balaban J connectivity index is 4.29. The minimum Gasteiger partial charge on any atom is -0.457 e. The standard InChI is InChI=1S/C51H92NO7P/c1-6-8-10-12-14-16-18-20-22-24-26-28-30-32-34-36-38-40-42-44-51(53)59-50(49-58-60(54,55)57-47-45-52(3,4)5)48-56-46-43-41-39-37-35-33-31-29-27-25-23-21-19-17-15-13-11-9-7-2/h8,10,14,16,20,22,26,28,32,34,38,40,50H,6-7,9,11-13,15,17-19,21,23-25,27,29-31,33,35-37,39,41-49H2,1-5H3/p+1/b10-8-,16-14-,22-20-,28-26-,34-32-,40-38-. The summed E-state index contributed by atoms with van der Waals surface area (Å²) in [6.07, 6.45) is 56.8. The van der Waals surface area contributed by atoms with Gasteiger partial charge in [0.15, 0.2) is 0 Å². The van der Waals surface area contributed by atoms with Crippen LogP contribution in [0.4, 0.5) is 0 Å². The van der Waals surface area contributed by atoms with Crippen LogP contribution in [0.5, 0.6) is 0 Å². The average Bonchev–Trinajstić information content (AvgIpc) is 3.20. The lowest BCUT2D eigenvalue weighted by molar-refractivity contribution is -0.870. The largest absolute Gasteiger partial charge is 0.472 e. The van der Waals surface area contributed by atoms with Crippen LogP contribution in [-0.2, 0) is 27.9 Å². The SMILES string of the molecule is CC/C=C\C/C=C\C/C=C\C/C=C\C/C=C\C/C=C\CCC(=O)OC(COCCCCCCCCCCCCCCCCCCCCC)COP(=O)(O)OCC[N+](C)(C)C. The lowest BCUT2D eigenvalue weighted by atomic mass is 10.0. The number of allylic oxidation sites excluding steroid dienone is 12. The molecule has 0 fully saturated rings. The fourth-order valence-corrected chi connectivity index (χ4v) is 7.09. The van der Waals surface area contributed by atoms with E-state index in [0.717, 1.165) is 51.4 Å². The van der Waals surface area contributed by atoms with Crippen LogP contribution in [0, 0.1) is 0 Å². The van der Waals surface area contributed by atoms with E-state index in [2.05, 4.69) is 74.6 Å². The Morgan fingerprint density at radius 3 is 1.35 bits per heavy atom. The maximum atomic E-state index is 12.7. The van der Waals surface area contributed by atoms with Crippen LogP contribution >= 0.6 is 7.82 Å². The number of unbranched alkanes of at least 4 members (excludes halogenated alkanes) is 18. The lowest BCUT2D eigenvalue weighted by Crippen LogP contribution is -2.37. The summed E-state index contributed by atoms with van der Waals surface area (Å²) in [6, 6.07) is 0. The second kappa shape index (κ2) is 43.6. The molecule has 348 valence electrons. The number of phosphoric acid groups is 1. The summed E-state index contributed by atoms with van der Waals surface area (Å²) < 4.78 is 35.0. The van der Waals surface area contributed by atoms with E-state index in [-0.39, 0.29) is 26.2 Å². The number of nitrogens with zero attached hydrogens (tertiary/aromatic N) is 1. The smallest absolute Gasteiger partial charge is 0.457 e. The van der Waals surface area contributed by atoms with Gasteiger partial charge in [-0.15, -0.1) is 0 Å². The summed E-state index contributed by atoms with van der Waals surface area (Å²) >= 11 is 0. The Labute approximate surface area is 370 Å². The first-order valence-corrected chi connectivity index (χ1v) is 25.7. The first-order valence-electron chi connectivity index (χ1n) is 24.2. The van der Waals surface area contributed by atoms with E-state index in [1.165, 1.54) is 109 Å². The predicted molar refractivity (Wildman–Crippen MR) is 256 cm³/mol. The van der Waals surface area contributed by atoms with Gasteiger partial charge in [0, 0.05) is 13.0 Å². The van der Waals surface area contributed by atoms with Crippen molar-refractivity contribution in [3.63, 3.8) is 0 Å². The van der Waals surface area contributed by atoms with E-state index in [4.69, 9.17) is 18.5 Å². The van der Waals surface area contributed by atoms with Crippen LogP contribution < -0.4 is 0 Å². The monoisotopic (exact) mass is 863 g/mol. The highest BCUT2D eigenvalue weighted by Crippen LogP contribution is 2.43. The van der Waals surface area contributed by atoms with E-state index in [9.17, 15) is 14.3 Å². The van der Waals surface area contributed by atoms with Crippen molar-refractivity contribution in [2.24, 2.45) is 0 Å². The lowest BCUT2D eigenvalue weighted by Gasteiger charge is -2.24. The summed E-state index contributed by atoms with van der Waals surface area (Å²) in [6.45, 7) is 5.42. The molecule has 0 bridgehead atoms. The van der Waals surface area contributed by atoms with E-state index in [0.29, 0.717) is 24.1 Å². The number of likely N-dealkylation sites (N-methyl/N-ethyl adjacent to an activating group) is 1. The van der Waals surface area contributed by atoms with Crippen molar-refractivity contribution in [1.29, 1.82) is 0 Å². The molecule has 2 unspecified atom stereocenters. The molecule has 0 heterocycles. The molecule has 0 radical (unpaired) electrons. The van der Waals surface area contributed by atoms with Gasteiger partial charge in [0.05, 0.1) is 34.4 Å². The zero-order valence-electron chi connectivity index (χ0n) is 39.4. The third-order valence-corrected chi connectivity index (χ3v) is 11.0. The van der Waals surface area contributed by atoms with Crippen LogP contribution in [0.2, 0.25) is 0 Å². The van der Waals surface area contributed by atoms with Gasteiger partial charge >= 0.3 is 13.8 Å². The molecule has 0 aliphatic rings. The molecule has 1 N–H and O–H groups in total. The van der Waals surface area contributed by atoms with Crippen molar-refractivity contribution < 1.29 is 37.3 Å². The summed E-state index contributed by atoms with van der Waals surface area (Å²) in [7, 11) is 1.62. The van der Waals surface area contributed by atoms with Crippen LogP contribution in [0.25, 0.3) is 0 Å². The first-order chi connectivity index (χ1) is 29.1. The molecule has 0 aliphatic heterocycles. The van der Waals surface area contributed by atoms with Crippen molar-refractivity contribution in [3.8, 4) is 0 Å². The predicted octanol–water partition coefficient (Wildman–Crippen LogP) is 14.7. The average molecular weight is 863 g/mol. The summed E-state index contributed by atoms with van der Waals surface area (Å²) in [5, 5.41) is 0. The summed E-state index contributed by atoms with van der Waals surface area (Å²) in [5.74, 6) is -0.394. The van der Waals surface area contributed by atoms with Crippen molar-refractivity contribution >= 4 is 13.8 Å². The summed E-state index contributed by atoms with van der Waals surface area (Å²) in [5.41, 5.74) is 0. The van der Waals surface area contributed by atoms with Gasteiger partial charge in [0.1, 0.15) is 19.3 Å². The van der Waals surface area contributed by atoms with Crippen LogP contribution in [-0.4, -0.2) is 75.6 Å². The fourth-order valence-electron chi connectivity index (χ4n) is 6.34. The highest BCUT2D eigenvalue weighted by atomic mass is 31.2. The van der Waals surface area contributed by atoms with Gasteiger partial charge in [-0.1, -0.05) is 202 Å². The molecule has 60 heavy (non-hydrogen) atoms. The van der Waals surface area contributed by atoms with E-state index >= 15 is 0 Å². The normalized spacial score (nSPS) is 14.3. The van der Waals surface area contributed by atoms with Gasteiger partial charge in [0.2, 0.25) is 0 Å². The topological polar surface area (TPSA) is 91.3 Å². The Bertz CT molecular complexity index is 1190. The molecule has 0 saturated carbocycles. The van der Waals surface area contributed by atoms with Gasteiger partial charge in [-0.2, -0.15) is 0 Å². The zero-order chi connectivity index (χ0) is 44.1. The second-order valence-corrected chi connectivity index (χ2v) is 18.6. The van der Waals surface area contributed by atoms with E-state index < -0.39 is 19.9 Å². The molecule has 0 saturated heterocycles. The summed E-state index contributed by atoms with van der Waals surface area (Å²) in [4.78, 5) is 22.9. The maximum absolute atomic E-state index is 12.7. The number of ether oxygens (including phenoxy) is 2. The highest BCUT2D eigenvalue weighted by Gasteiger charge is 2.26. The van der Waals surface area contributed by atoms with Crippen molar-refractivity contribution in [3.05, 3.63) is 72.9 Å². The number of rotatable bonds is 44. The molecule has 0 spiro atoms. The number of phosphoric ester groups is 1. The van der Waals surface area contributed by atoms with Crippen LogP contribution in [0.15, 0.2) is 72.9 Å². The quantitative estimate of drug-likeness (QED) is 0.0214. The minimum atomic E-state index is -4.30. The second-order valence-electron chi connectivity index (χ2n) is 17.1. The molecule has 0 amide bonds. The highest BCUT2D eigenvalue weighted by molar-refractivity contribution is 7.47. The van der Waals surface area contributed by atoms with E-state index in [1.54, 1.807) is 0 Å². The number of carbonyl (C=O) groups is 1. The number of hydrogen-bond donors (Lipinski definition) is 1. The third-order valence-electron chi connectivity index (χ3n) is 10.0. The molecular formula is C51H93NO7P+. The molecule has 0 rings (SSSR count). The first kappa shape index (κ1) is 57.9. The molecule has 9 heteroatoms. The molecule has 8 nitrogen and oxygen atoms in total. The van der Waals surface area contributed by atoms with Crippen LogP contribution in [0.1, 0.15) is 187 Å². The number of carbonyl (C=O) groups excluding carboxylic acids is 1. The van der Waals surface area contributed by atoms with E-state index in [1.807, 2.05) is 33.3 Å². The Hall–Kier alpha value is -2.06. The molecule has 0 aromatic rings. The van der Waals surface area contributed by atoms with Gasteiger partial charge < -0.3 is 18.9 Å². The zero-order valence-corrected chi connectivity index (χ0v) is 40.3. The molecule has 0 aliphatic carbocycles. The number of hydrogen-bond acceptors (Lipinski definition) is 6.